The summed E-state index contributed by atoms with van der Waals surface area (Å²) in [6.45, 7) is 18.0. The van der Waals surface area contributed by atoms with E-state index in [1.807, 2.05) is 0 Å². The zero-order valence-electron chi connectivity index (χ0n) is 4.54. The van der Waals surface area contributed by atoms with Crippen LogP contribution in [0.5, 0.6) is 0 Å². The van der Waals surface area contributed by atoms with Crippen molar-refractivity contribution in [2.45, 2.75) is 0 Å². The van der Waals surface area contributed by atoms with Gasteiger partial charge in [0.1, 0.15) is 0 Å². The van der Waals surface area contributed by atoms with E-state index < -0.39 is 0 Å². The van der Waals surface area contributed by atoms with Gasteiger partial charge >= 0.3 is 22.4 Å². The molecular weight excluding hydrogens is 180 g/mol. The molecule has 0 radical (unpaired) electrons. The van der Waals surface area contributed by atoms with Gasteiger partial charge < -0.3 is 0 Å². The largest absolute Gasteiger partial charge is 1.00 e. The first kappa shape index (κ1) is 28.2. The second-order valence-corrected chi connectivity index (χ2v) is 0. The van der Waals surface area contributed by atoms with Gasteiger partial charge in [-0.05, 0) is 0 Å². The molecule has 0 aromatic rings. The topological polar surface area (TPSA) is 0 Å². The van der Waals surface area contributed by atoms with Crippen molar-refractivity contribution in [3.05, 3.63) is 39.5 Å². The molecule has 0 aliphatic carbocycles. The van der Waals surface area contributed by atoms with E-state index in [0.717, 1.165) is 0 Å². The van der Waals surface area contributed by atoms with Gasteiger partial charge in [0.2, 0.25) is 0 Å². The summed E-state index contributed by atoms with van der Waals surface area (Å²) in [5.41, 5.74) is 0. The molecule has 0 fully saturated rings. The van der Waals surface area contributed by atoms with Gasteiger partial charge in [-0.15, -0.1) is 39.5 Å². The molecule has 0 saturated heterocycles. The Morgan fingerprint density at radius 2 is 0.429 bits per heavy atom. The van der Waals surface area contributed by atoms with Gasteiger partial charge in [-0.2, -0.15) is 0 Å². The maximum Gasteiger partial charge on any atom is 1.00 e. The Hall–Kier alpha value is -0.0397. The van der Waals surface area contributed by atoms with Crippen LogP contribution in [0.1, 0.15) is 0 Å². The molecule has 0 heterocycles. The zero-order chi connectivity index (χ0) is 6.00. The molecule has 0 spiro atoms. The van der Waals surface area contributed by atoms with E-state index in [4.69, 9.17) is 0 Å². The SMILES string of the molecule is C=C.C=C.C=C.[Ag+]. The molecule has 0 aliphatic rings. The Morgan fingerprint density at radius 3 is 0.429 bits per heavy atom. The second kappa shape index (κ2) is 92900. The minimum Gasteiger partial charge on any atom is -0.106 e. The summed E-state index contributed by atoms with van der Waals surface area (Å²) in [6, 6.07) is 0. The molecule has 7 heavy (non-hydrogen) atoms. The van der Waals surface area contributed by atoms with Crippen molar-refractivity contribution in [3.8, 4) is 0 Å². The summed E-state index contributed by atoms with van der Waals surface area (Å²) in [7, 11) is 0. The predicted molar refractivity (Wildman–Crippen MR) is 33.8 cm³/mol. The molecule has 0 rings (SSSR count). The van der Waals surface area contributed by atoms with E-state index in [-0.39, 0.29) is 22.4 Å². The molecule has 46 valence electrons. The van der Waals surface area contributed by atoms with E-state index in [1.54, 1.807) is 0 Å². The molecule has 0 nitrogen and oxygen atoms in total. The Kier molecular flexibility index (Phi) is 374000. The van der Waals surface area contributed by atoms with Gasteiger partial charge in [0.25, 0.3) is 0 Å². The first-order chi connectivity index (χ1) is 3.00. The van der Waals surface area contributed by atoms with Crippen LogP contribution in [0.15, 0.2) is 39.5 Å². The molecule has 1 heteroatoms. The molecule has 0 aromatic carbocycles. The fourth-order valence-corrected chi connectivity index (χ4v) is 0. The number of hydrogen-bond donors (Lipinski definition) is 0. The fraction of sp³-hybridized carbons (Fsp3) is 0. The number of hydrogen-bond acceptors (Lipinski definition) is 0. The van der Waals surface area contributed by atoms with Crippen LogP contribution < -0.4 is 0 Å². The van der Waals surface area contributed by atoms with Gasteiger partial charge in [-0.1, -0.05) is 0 Å². The first-order valence-electron chi connectivity index (χ1n) is 1.50. The summed E-state index contributed by atoms with van der Waals surface area (Å²) in [5, 5.41) is 0. The summed E-state index contributed by atoms with van der Waals surface area (Å²) >= 11 is 0. The Labute approximate surface area is 62.1 Å². The van der Waals surface area contributed by atoms with Gasteiger partial charge in [0.15, 0.2) is 0 Å². The Balaban J connectivity index is -0.00000000900. The zero-order valence-corrected chi connectivity index (χ0v) is 6.03. The van der Waals surface area contributed by atoms with Crippen molar-refractivity contribution < 1.29 is 22.4 Å². The minimum absolute atomic E-state index is 0. The van der Waals surface area contributed by atoms with Gasteiger partial charge in [-0.25, -0.2) is 0 Å². The van der Waals surface area contributed by atoms with Crippen molar-refractivity contribution >= 4 is 0 Å². The average molecular weight is 192 g/mol. The van der Waals surface area contributed by atoms with Crippen molar-refractivity contribution in [3.63, 3.8) is 0 Å². The Morgan fingerprint density at radius 1 is 0.429 bits per heavy atom. The quantitative estimate of drug-likeness (QED) is 0.408. The van der Waals surface area contributed by atoms with Crippen LogP contribution in [-0.2, 0) is 22.4 Å². The fourth-order valence-electron chi connectivity index (χ4n) is 0. The van der Waals surface area contributed by atoms with E-state index in [0.29, 0.717) is 0 Å². The van der Waals surface area contributed by atoms with Crippen LogP contribution in [0.2, 0.25) is 0 Å². The van der Waals surface area contributed by atoms with Crippen LogP contribution in [0.4, 0.5) is 0 Å². The van der Waals surface area contributed by atoms with E-state index in [2.05, 4.69) is 39.5 Å². The van der Waals surface area contributed by atoms with Crippen molar-refractivity contribution in [1.82, 2.24) is 0 Å². The second-order valence-electron chi connectivity index (χ2n) is 0. The Bertz CT molecular complexity index is 8.90. The van der Waals surface area contributed by atoms with Crippen molar-refractivity contribution in [1.29, 1.82) is 0 Å². The number of rotatable bonds is 0. The third kappa shape index (κ3) is 59200. The van der Waals surface area contributed by atoms with Gasteiger partial charge in [-0.3, -0.25) is 0 Å². The molecule has 0 atom stereocenters. The van der Waals surface area contributed by atoms with Crippen molar-refractivity contribution in [2.75, 3.05) is 0 Å². The van der Waals surface area contributed by atoms with E-state index in [1.165, 1.54) is 0 Å². The molecule has 0 amide bonds. The molecule has 0 bridgehead atoms. The third-order valence-electron chi connectivity index (χ3n) is 0. The van der Waals surface area contributed by atoms with Gasteiger partial charge in [0.05, 0.1) is 0 Å². The average Bonchev–Trinajstić information content (AvgIpc) is 1.81. The van der Waals surface area contributed by atoms with E-state index >= 15 is 0 Å². The molecule has 0 unspecified atom stereocenters. The van der Waals surface area contributed by atoms with Crippen LogP contribution in [0.3, 0.4) is 0 Å². The molecule has 0 aromatic heterocycles. The summed E-state index contributed by atoms with van der Waals surface area (Å²) in [4.78, 5) is 0. The summed E-state index contributed by atoms with van der Waals surface area (Å²) in [6.07, 6.45) is 0. The minimum atomic E-state index is 0. The monoisotopic (exact) mass is 191 g/mol. The molecule has 0 aliphatic heterocycles. The predicted octanol–water partition coefficient (Wildman–Crippen LogP) is 2.40. The molecule has 0 saturated carbocycles. The smallest absolute Gasteiger partial charge is 0.106 e. The van der Waals surface area contributed by atoms with Crippen LogP contribution in [0, 0.1) is 0 Å². The summed E-state index contributed by atoms with van der Waals surface area (Å²) < 4.78 is 0. The third-order valence-corrected chi connectivity index (χ3v) is 0. The van der Waals surface area contributed by atoms with Gasteiger partial charge in [0, 0.05) is 0 Å². The summed E-state index contributed by atoms with van der Waals surface area (Å²) in [5.74, 6) is 0. The standard InChI is InChI=1S/3C2H4.Ag/c3*1-2;/h3*1-2H2;/q;;;+1. The van der Waals surface area contributed by atoms with Crippen molar-refractivity contribution in [2.24, 2.45) is 0 Å². The van der Waals surface area contributed by atoms with Crippen LogP contribution >= 0.6 is 0 Å². The molecular formula is C6H12Ag+. The van der Waals surface area contributed by atoms with E-state index in [9.17, 15) is 0 Å². The normalized spacial score (nSPS) is 1.71. The maximum absolute atomic E-state index is 3.00. The first-order valence-corrected chi connectivity index (χ1v) is 1.50. The van der Waals surface area contributed by atoms with Crippen LogP contribution in [-0.4, -0.2) is 0 Å². The maximum atomic E-state index is 3.00. The molecule has 0 N–H and O–H groups in total. The van der Waals surface area contributed by atoms with Crippen LogP contribution in [0.25, 0.3) is 0 Å².